The van der Waals surface area contributed by atoms with E-state index in [1.165, 1.54) is 42.5 Å². The first-order valence-corrected chi connectivity index (χ1v) is 10.2. The molecule has 1 aromatic carbocycles. The fourth-order valence-corrected chi connectivity index (χ4v) is 3.76. The fourth-order valence-electron chi connectivity index (χ4n) is 2.96. The summed E-state index contributed by atoms with van der Waals surface area (Å²) < 4.78 is 24.0. The Hall–Kier alpha value is -3.00. The number of esters is 2. The van der Waals surface area contributed by atoms with Crippen molar-refractivity contribution in [3.05, 3.63) is 58.0 Å². The predicted octanol–water partition coefficient (Wildman–Crippen LogP) is 3.57. The van der Waals surface area contributed by atoms with Gasteiger partial charge in [-0.3, -0.25) is 4.79 Å². The molecule has 2 atom stereocenters. The topological polar surface area (TPSA) is 81.7 Å². The molecule has 1 aliphatic rings. The maximum absolute atomic E-state index is 13.3. The number of amides is 1. The van der Waals surface area contributed by atoms with Crippen molar-refractivity contribution in [3.8, 4) is 0 Å². The molecule has 0 saturated heterocycles. The monoisotopic (exact) mass is 431 g/mol. The number of carbonyl (C=O) groups is 3. The molecule has 3 rings (SSSR count). The van der Waals surface area contributed by atoms with Gasteiger partial charge in [0, 0.05) is 10.5 Å². The van der Waals surface area contributed by atoms with Crippen molar-refractivity contribution in [1.29, 1.82) is 0 Å². The summed E-state index contributed by atoms with van der Waals surface area (Å²) in [4.78, 5) is 38.5. The van der Waals surface area contributed by atoms with Crippen LogP contribution in [0.3, 0.4) is 0 Å². The zero-order chi connectivity index (χ0) is 22.1. The Balaban J connectivity index is 1.92. The number of nitrogens with one attached hydrogen (secondary N) is 1. The SMILES string of the molecule is CC(NC(=O)C1OC(=O)C(c2ccc(F)cc2)=C1c1cccs1)C(=O)OC(C)(C)C. The molecule has 0 aliphatic carbocycles. The van der Waals surface area contributed by atoms with Gasteiger partial charge in [0.1, 0.15) is 17.5 Å². The van der Waals surface area contributed by atoms with Crippen LogP contribution in [0, 0.1) is 5.82 Å². The first-order chi connectivity index (χ1) is 14.1. The van der Waals surface area contributed by atoms with Gasteiger partial charge in [0.25, 0.3) is 5.91 Å². The molecule has 2 unspecified atom stereocenters. The molecule has 1 N–H and O–H groups in total. The van der Waals surface area contributed by atoms with E-state index < -0.39 is 41.4 Å². The molecule has 8 heteroatoms. The van der Waals surface area contributed by atoms with Crippen molar-refractivity contribution in [1.82, 2.24) is 5.32 Å². The Kier molecular flexibility index (Phi) is 6.07. The van der Waals surface area contributed by atoms with Crippen LogP contribution in [0.15, 0.2) is 41.8 Å². The van der Waals surface area contributed by atoms with E-state index in [-0.39, 0.29) is 5.57 Å². The zero-order valence-electron chi connectivity index (χ0n) is 17.0. The van der Waals surface area contributed by atoms with Crippen LogP contribution in [0.4, 0.5) is 4.39 Å². The van der Waals surface area contributed by atoms with E-state index in [2.05, 4.69) is 5.32 Å². The number of rotatable bonds is 5. The maximum atomic E-state index is 13.3. The molecule has 1 amide bonds. The fraction of sp³-hybridized carbons (Fsp3) is 0.318. The number of hydrogen-bond donors (Lipinski definition) is 1. The van der Waals surface area contributed by atoms with Gasteiger partial charge in [-0.05, 0) is 56.8 Å². The van der Waals surface area contributed by atoms with Crippen molar-refractivity contribution in [2.24, 2.45) is 0 Å². The minimum Gasteiger partial charge on any atom is -0.458 e. The third kappa shape index (κ3) is 4.76. The minimum atomic E-state index is -1.24. The van der Waals surface area contributed by atoms with E-state index in [4.69, 9.17) is 9.47 Å². The molecule has 0 fully saturated rings. The van der Waals surface area contributed by atoms with Gasteiger partial charge in [0.05, 0.1) is 5.57 Å². The predicted molar refractivity (Wildman–Crippen MR) is 111 cm³/mol. The second-order valence-electron chi connectivity index (χ2n) is 7.82. The molecule has 6 nitrogen and oxygen atoms in total. The van der Waals surface area contributed by atoms with Crippen molar-refractivity contribution in [2.45, 2.75) is 45.4 Å². The van der Waals surface area contributed by atoms with Gasteiger partial charge in [-0.25, -0.2) is 14.0 Å². The van der Waals surface area contributed by atoms with Gasteiger partial charge in [0.15, 0.2) is 0 Å². The molecule has 0 radical (unpaired) electrons. The van der Waals surface area contributed by atoms with Crippen LogP contribution in [-0.4, -0.2) is 35.6 Å². The lowest BCUT2D eigenvalue weighted by Gasteiger charge is -2.23. The standard InChI is InChI=1S/C22H22FNO5S/c1-12(20(26)29-22(2,3)4)24-19(25)18-17(15-6-5-11-30-15)16(21(27)28-18)13-7-9-14(23)10-8-13/h5-12,18H,1-4H3,(H,24,25). The van der Waals surface area contributed by atoms with Crippen LogP contribution in [0.5, 0.6) is 0 Å². The molecule has 1 aliphatic heterocycles. The molecule has 0 bridgehead atoms. The molecule has 30 heavy (non-hydrogen) atoms. The Morgan fingerprint density at radius 3 is 2.43 bits per heavy atom. The number of halogens is 1. The van der Waals surface area contributed by atoms with Crippen LogP contribution in [0.2, 0.25) is 0 Å². The highest BCUT2D eigenvalue weighted by atomic mass is 32.1. The lowest BCUT2D eigenvalue weighted by molar-refractivity contribution is -0.158. The smallest absolute Gasteiger partial charge is 0.340 e. The second-order valence-corrected chi connectivity index (χ2v) is 8.77. The average Bonchev–Trinajstić information content (AvgIpc) is 3.28. The van der Waals surface area contributed by atoms with Crippen molar-refractivity contribution >= 4 is 40.3 Å². The summed E-state index contributed by atoms with van der Waals surface area (Å²) >= 11 is 1.34. The summed E-state index contributed by atoms with van der Waals surface area (Å²) in [5, 5.41) is 4.37. The van der Waals surface area contributed by atoms with Crippen molar-refractivity contribution < 1.29 is 28.2 Å². The quantitative estimate of drug-likeness (QED) is 0.732. The molecule has 0 spiro atoms. The molecule has 2 heterocycles. The van der Waals surface area contributed by atoms with Gasteiger partial charge in [0.2, 0.25) is 6.10 Å². The van der Waals surface area contributed by atoms with E-state index in [9.17, 15) is 18.8 Å². The van der Waals surface area contributed by atoms with E-state index >= 15 is 0 Å². The number of thiophene rings is 1. The van der Waals surface area contributed by atoms with Crippen LogP contribution in [0.25, 0.3) is 11.1 Å². The third-order valence-electron chi connectivity index (χ3n) is 4.24. The lowest BCUT2D eigenvalue weighted by Crippen LogP contribution is -2.46. The van der Waals surface area contributed by atoms with E-state index in [0.717, 1.165) is 0 Å². The average molecular weight is 431 g/mol. The van der Waals surface area contributed by atoms with Crippen LogP contribution in [0.1, 0.15) is 38.1 Å². The highest BCUT2D eigenvalue weighted by Crippen LogP contribution is 2.39. The van der Waals surface area contributed by atoms with Crippen LogP contribution >= 0.6 is 11.3 Å². The summed E-state index contributed by atoms with van der Waals surface area (Å²) in [6.07, 6.45) is -1.24. The summed E-state index contributed by atoms with van der Waals surface area (Å²) in [5.41, 5.74) is 0.325. The summed E-state index contributed by atoms with van der Waals surface area (Å²) in [6.45, 7) is 6.68. The van der Waals surface area contributed by atoms with E-state index in [1.54, 1.807) is 32.9 Å². The van der Waals surface area contributed by atoms with E-state index in [1.807, 2.05) is 5.38 Å². The van der Waals surface area contributed by atoms with Crippen molar-refractivity contribution in [3.63, 3.8) is 0 Å². The van der Waals surface area contributed by atoms with Gasteiger partial charge in [-0.15, -0.1) is 11.3 Å². The normalized spacial score (nSPS) is 17.5. The maximum Gasteiger partial charge on any atom is 0.340 e. The largest absolute Gasteiger partial charge is 0.458 e. The molecule has 0 saturated carbocycles. The first kappa shape index (κ1) is 21.7. The summed E-state index contributed by atoms with van der Waals surface area (Å²) in [7, 11) is 0. The Labute approximate surface area is 177 Å². The van der Waals surface area contributed by atoms with Crippen LogP contribution in [-0.2, 0) is 23.9 Å². The van der Waals surface area contributed by atoms with E-state index in [0.29, 0.717) is 16.0 Å². The minimum absolute atomic E-state index is 0.197. The highest BCUT2D eigenvalue weighted by molar-refractivity contribution is 7.11. The van der Waals surface area contributed by atoms with Gasteiger partial charge < -0.3 is 14.8 Å². The van der Waals surface area contributed by atoms with Crippen molar-refractivity contribution in [2.75, 3.05) is 0 Å². The number of cyclic esters (lactones) is 1. The number of carbonyl (C=O) groups excluding carboxylic acids is 3. The van der Waals surface area contributed by atoms with Gasteiger partial charge >= 0.3 is 11.9 Å². The zero-order valence-corrected chi connectivity index (χ0v) is 17.8. The molecule has 158 valence electrons. The summed E-state index contributed by atoms with van der Waals surface area (Å²) in [5.74, 6) is -2.36. The van der Waals surface area contributed by atoms with Crippen LogP contribution < -0.4 is 5.32 Å². The molecule has 1 aromatic heterocycles. The highest BCUT2D eigenvalue weighted by Gasteiger charge is 2.41. The second kappa shape index (κ2) is 8.39. The summed E-state index contributed by atoms with van der Waals surface area (Å²) in [6, 6.07) is 8.01. The number of hydrogen-bond acceptors (Lipinski definition) is 6. The molecular formula is C22H22FNO5S. The number of benzene rings is 1. The Bertz CT molecular complexity index is 990. The Morgan fingerprint density at radius 1 is 1.20 bits per heavy atom. The van der Waals surface area contributed by atoms with Gasteiger partial charge in [-0.2, -0.15) is 0 Å². The first-order valence-electron chi connectivity index (χ1n) is 9.35. The van der Waals surface area contributed by atoms with Gasteiger partial charge in [-0.1, -0.05) is 18.2 Å². The third-order valence-corrected chi connectivity index (χ3v) is 5.14. The lowest BCUT2D eigenvalue weighted by atomic mass is 9.97. The Morgan fingerprint density at radius 2 is 1.87 bits per heavy atom. The number of ether oxygens (including phenoxy) is 2. The molecular weight excluding hydrogens is 409 g/mol. The molecule has 2 aromatic rings.